The first-order valence-corrected chi connectivity index (χ1v) is 7.61. The summed E-state index contributed by atoms with van der Waals surface area (Å²) in [7, 11) is 5.86. The van der Waals surface area contributed by atoms with E-state index in [1.54, 1.807) is 7.11 Å². The van der Waals surface area contributed by atoms with Crippen molar-refractivity contribution in [2.45, 2.75) is 31.8 Å². The molecule has 4 heteroatoms. The second kappa shape index (κ2) is 7.05. The quantitative estimate of drug-likeness (QED) is 0.779. The SMILES string of the molecule is COc1ccc(C(=O)C(C)N2CCCC(N(C)C)C2)cc1. The van der Waals surface area contributed by atoms with E-state index in [-0.39, 0.29) is 11.8 Å². The summed E-state index contributed by atoms with van der Waals surface area (Å²) in [6.07, 6.45) is 2.37. The van der Waals surface area contributed by atoms with E-state index < -0.39 is 0 Å². The summed E-state index contributed by atoms with van der Waals surface area (Å²) in [6.45, 7) is 3.99. The molecule has 0 radical (unpaired) electrons. The second-order valence-corrected chi connectivity index (χ2v) is 6.02. The number of Topliss-reactive ketones (excluding diaryl/α,β-unsaturated/α-hetero) is 1. The van der Waals surface area contributed by atoms with Gasteiger partial charge in [-0.2, -0.15) is 0 Å². The van der Waals surface area contributed by atoms with Gasteiger partial charge in [-0.05, 0) is 64.7 Å². The molecule has 21 heavy (non-hydrogen) atoms. The number of ether oxygens (including phenoxy) is 1. The molecule has 0 amide bonds. The maximum Gasteiger partial charge on any atom is 0.179 e. The Morgan fingerprint density at radius 2 is 2.00 bits per heavy atom. The van der Waals surface area contributed by atoms with Crippen LogP contribution in [0.2, 0.25) is 0 Å². The maximum absolute atomic E-state index is 12.6. The lowest BCUT2D eigenvalue weighted by Crippen LogP contribution is -2.50. The van der Waals surface area contributed by atoms with Crippen LogP contribution in [0.1, 0.15) is 30.1 Å². The highest BCUT2D eigenvalue weighted by atomic mass is 16.5. The zero-order valence-corrected chi connectivity index (χ0v) is 13.5. The number of methoxy groups -OCH3 is 1. The number of carbonyl (C=O) groups excluding carboxylic acids is 1. The Labute approximate surface area is 127 Å². The monoisotopic (exact) mass is 290 g/mol. The van der Waals surface area contributed by atoms with Gasteiger partial charge in [0, 0.05) is 18.2 Å². The third-order valence-electron chi connectivity index (χ3n) is 4.46. The fourth-order valence-electron chi connectivity index (χ4n) is 2.92. The molecule has 0 spiro atoms. The highest BCUT2D eigenvalue weighted by Gasteiger charge is 2.28. The molecule has 1 aromatic rings. The Kier molecular flexibility index (Phi) is 5.37. The number of hydrogen-bond acceptors (Lipinski definition) is 4. The molecule has 2 rings (SSSR count). The van der Waals surface area contributed by atoms with Gasteiger partial charge in [0.25, 0.3) is 0 Å². The molecule has 1 aromatic carbocycles. The van der Waals surface area contributed by atoms with Gasteiger partial charge in [0.05, 0.1) is 13.2 Å². The topological polar surface area (TPSA) is 32.8 Å². The van der Waals surface area contributed by atoms with Crippen LogP contribution in [0.3, 0.4) is 0 Å². The van der Waals surface area contributed by atoms with E-state index >= 15 is 0 Å². The summed E-state index contributed by atoms with van der Waals surface area (Å²) in [5, 5.41) is 0. The summed E-state index contributed by atoms with van der Waals surface area (Å²) in [4.78, 5) is 17.2. The molecule has 1 aliphatic rings. The van der Waals surface area contributed by atoms with Crippen LogP contribution in [0, 0.1) is 0 Å². The van der Waals surface area contributed by atoms with Gasteiger partial charge < -0.3 is 9.64 Å². The molecule has 1 saturated heterocycles. The van der Waals surface area contributed by atoms with Crippen molar-refractivity contribution in [2.75, 3.05) is 34.3 Å². The van der Waals surface area contributed by atoms with Crippen LogP contribution in [0.4, 0.5) is 0 Å². The average Bonchev–Trinajstić information content (AvgIpc) is 2.53. The van der Waals surface area contributed by atoms with Crippen LogP contribution >= 0.6 is 0 Å². The second-order valence-electron chi connectivity index (χ2n) is 6.02. The van der Waals surface area contributed by atoms with Crippen molar-refractivity contribution in [3.63, 3.8) is 0 Å². The minimum atomic E-state index is -0.0684. The number of carbonyl (C=O) groups is 1. The van der Waals surface area contributed by atoms with Gasteiger partial charge in [0.2, 0.25) is 0 Å². The molecule has 0 N–H and O–H groups in total. The Bertz CT molecular complexity index is 470. The number of likely N-dealkylation sites (N-methyl/N-ethyl adjacent to an activating group) is 1. The van der Waals surface area contributed by atoms with Crippen molar-refractivity contribution in [2.24, 2.45) is 0 Å². The molecular formula is C17H26N2O2. The van der Waals surface area contributed by atoms with E-state index in [2.05, 4.69) is 23.9 Å². The van der Waals surface area contributed by atoms with Crippen molar-refractivity contribution in [1.82, 2.24) is 9.80 Å². The summed E-state index contributed by atoms with van der Waals surface area (Å²) in [5.41, 5.74) is 0.760. The molecule has 1 fully saturated rings. The van der Waals surface area contributed by atoms with Crippen LogP contribution < -0.4 is 4.74 Å². The third kappa shape index (κ3) is 3.83. The molecule has 2 atom stereocenters. The predicted molar refractivity (Wildman–Crippen MR) is 85.1 cm³/mol. The number of benzene rings is 1. The molecule has 116 valence electrons. The lowest BCUT2D eigenvalue weighted by atomic mass is 9.99. The van der Waals surface area contributed by atoms with Crippen molar-refractivity contribution >= 4 is 5.78 Å². The highest BCUT2D eigenvalue weighted by molar-refractivity contribution is 5.99. The van der Waals surface area contributed by atoms with Crippen molar-refractivity contribution in [1.29, 1.82) is 0 Å². The smallest absolute Gasteiger partial charge is 0.179 e. The van der Waals surface area contributed by atoms with Crippen molar-refractivity contribution < 1.29 is 9.53 Å². The molecule has 0 aromatic heterocycles. The molecular weight excluding hydrogens is 264 g/mol. The highest BCUT2D eigenvalue weighted by Crippen LogP contribution is 2.19. The fourth-order valence-corrected chi connectivity index (χ4v) is 2.92. The Hall–Kier alpha value is -1.39. The number of likely N-dealkylation sites (tertiary alicyclic amines) is 1. The first-order chi connectivity index (χ1) is 10.0. The van der Waals surface area contributed by atoms with Crippen LogP contribution in [0.5, 0.6) is 5.75 Å². The molecule has 0 bridgehead atoms. The van der Waals surface area contributed by atoms with E-state index in [4.69, 9.17) is 4.74 Å². The summed E-state index contributed by atoms with van der Waals surface area (Å²) in [6, 6.07) is 7.87. The van der Waals surface area contributed by atoms with Crippen molar-refractivity contribution in [3.05, 3.63) is 29.8 Å². The lowest BCUT2D eigenvalue weighted by Gasteiger charge is -2.38. The summed E-state index contributed by atoms with van der Waals surface area (Å²) in [5.74, 6) is 0.974. The van der Waals surface area contributed by atoms with E-state index in [1.807, 2.05) is 31.2 Å². The summed E-state index contributed by atoms with van der Waals surface area (Å²) < 4.78 is 5.14. The minimum absolute atomic E-state index is 0.0684. The minimum Gasteiger partial charge on any atom is -0.497 e. The number of piperidine rings is 1. The normalized spacial score (nSPS) is 21.3. The number of ketones is 1. The van der Waals surface area contributed by atoms with Crippen LogP contribution in [-0.2, 0) is 0 Å². The Balaban J connectivity index is 2.03. The zero-order chi connectivity index (χ0) is 15.4. The Morgan fingerprint density at radius 1 is 1.33 bits per heavy atom. The Morgan fingerprint density at radius 3 is 2.57 bits per heavy atom. The molecule has 0 saturated carbocycles. The van der Waals surface area contributed by atoms with Crippen LogP contribution in [0.25, 0.3) is 0 Å². The van der Waals surface area contributed by atoms with Gasteiger partial charge >= 0.3 is 0 Å². The van der Waals surface area contributed by atoms with Gasteiger partial charge in [0.15, 0.2) is 5.78 Å². The van der Waals surface area contributed by atoms with Gasteiger partial charge in [-0.3, -0.25) is 9.69 Å². The number of hydrogen-bond donors (Lipinski definition) is 0. The van der Waals surface area contributed by atoms with Gasteiger partial charge in [-0.1, -0.05) is 0 Å². The van der Waals surface area contributed by atoms with Crippen LogP contribution in [0.15, 0.2) is 24.3 Å². The van der Waals surface area contributed by atoms with Gasteiger partial charge in [0.1, 0.15) is 5.75 Å². The molecule has 0 aliphatic carbocycles. The predicted octanol–water partition coefficient (Wildman–Crippen LogP) is 2.29. The number of rotatable bonds is 5. The first-order valence-electron chi connectivity index (χ1n) is 7.61. The van der Waals surface area contributed by atoms with Gasteiger partial charge in [-0.15, -0.1) is 0 Å². The molecule has 4 nitrogen and oxygen atoms in total. The van der Waals surface area contributed by atoms with Crippen molar-refractivity contribution in [3.8, 4) is 5.75 Å². The molecule has 2 unspecified atom stereocenters. The average molecular weight is 290 g/mol. The zero-order valence-electron chi connectivity index (χ0n) is 13.5. The van der Waals surface area contributed by atoms with E-state index in [0.29, 0.717) is 6.04 Å². The standard InChI is InChI=1S/C17H26N2O2/c1-13(19-11-5-6-15(12-19)18(2)3)17(20)14-7-9-16(21-4)10-8-14/h7-10,13,15H,5-6,11-12H2,1-4H3. The first kappa shape index (κ1) is 16.0. The van der Waals surface area contributed by atoms with Gasteiger partial charge in [-0.25, -0.2) is 0 Å². The maximum atomic E-state index is 12.6. The van der Waals surface area contributed by atoms with E-state index in [0.717, 1.165) is 30.8 Å². The number of nitrogens with zero attached hydrogens (tertiary/aromatic N) is 2. The van der Waals surface area contributed by atoms with E-state index in [1.165, 1.54) is 6.42 Å². The molecule has 1 heterocycles. The lowest BCUT2D eigenvalue weighted by molar-refractivity contribution is 0.0698. The summed E-state index contributed by atoms with van der Waals surface area (Å²) >= 11 is 0. The van der Waals surface area contributed by atoms with E-state index in [9.17, 15) is 4.79 Å². The van der Waals surface area contributed by atoms with Crippen LogP contribution in [-0.4, -0.2) is 62.0 Å². The third-order valence-corrected chi connectivity index (χ3v) is 4.46. The largest absolute Gasteiger partial charge is 0.497 e. The molecule has 1 aliphatic heterocycles. The fraction of sp³-hybridized carbons (Fsp3) is 0.588.